The zero-order valence-corrected chi connectivity index (χ0v) is 58.1. The summed E-state index contributed by atoms with van der Waals surface area (Å²) in [6.07, 6.45) is 0. The first-order valence-electron chi connectivity index (χ1n) is 29.7. The molecule has 3 rings (SSSR count). The maximum Gasteiger partial charge on any atom is 1.20 e. The SMILES string of the molecule is CC(C)(C)C(c1cccc(C(C(C)(C)C)C(C)(C)C)c1[O][Al]([O]c1c(C(C(C)(C)C)C(C)(C)C)cccc1C(C(C)(C)C)C(C)(C)C)[O]c1c(C(C(C)(C)C)C(C)(C)C)cccc1C(C(C)(C)C)C(C)(C)C)C(C)(C)C. The minimum Gasteiger partial charge on any atom is -0.577 e. The van der Waals surface area contributed by atoms with Crippen LogP contribution in [-0.4, -0.2) is 15.1 Å². The molecule has 0 heterocycles. The van der Waals surface area contributed by atoms with Crippen molar-refractivity contribution < 1.29 is 11.4 Å². The third kappa shape index (κ3) is 16.4. The second-order valence-electron chi connectivity index (χ2n) is 36.9. The van der Waals surface area contributed by atoms with Gasteiger partial charge in [0.25, 0.3) is 0 Å². The van der Waals surface area contributed by atoms with Gasteiger partial charge < -0.3 is 11.4 Å². The van der Waals surface area contributed by atoms with Gasteiger partial charge in [0.15, 0.2) is 0 Å². The van der Waals surface area contributed by atoms with E-state index in [9.17, 15) is 0 Å². The van der Waals surface area contributed by atoms with Crippen molar-refractivity contribution >= 4 is 15.1 Å². The molecule has 0 aromatic heterocycles. The van der Waals surface area contributed by atoms with E-state index in [1.807, 2.05) is 0 Å². The fourth-order valence-corrected chi connectivity index (χ4v) is 18.8. The number of para-hydroxylation sites is 3. The summed E-state index contributed by atoms with van der Waals surface area (Å²) in [5.74, 6) is 3.61. The lowest BCUT2D eigenvalue weighted by atomic mass is 9.60. The van der Waals surface area contributed by atoms with E-state index in [2.05, 4.69) is 304 Å². The van der Waals surface area contributed by atoms with E-state index >= 15 is 0 Å². The highest BCUT2D eigenvalue weighted by atomic mass is 27.3. The zero-order chi connectivity index (χ0) is 59.7. The number of hydrogen-bond acceptors (Lipinski definition) is 3. The lowest BCUT2D eigenvalue weighted by Crippen LogP contribution is -2.42. The predicted molar refractivity (Wildman–Crippen MR) is 337 cm³/mol. The molecular weight excluding hydrogens is 940 g/mol. The molecule has 0 spiro atoms. The maximum atomic E-state index is 8.35. The zero-order valence-electron chi connectivity index (χ0n) is 57.0. The van der Waals surface area contributed by atoms with E-state index in [0.717, 1.165) is 17.2 Å². The average molecular weight is 1060 g/mol. The molecular formula is C72H123AlO3. The molecule has 0 N–H and O–H groups in total. The van der Waals surface area contributed by atoms with Crippen LogP contribution in [0.4, 0.5) is 0 Å². The molecule has 4 heteroatoms. The van der Waals surface area contributed by atoms with Gasteiger partial charge in [-0.05, 0) is 134 Å². The van der Waals surface area contributed by atoms with Gasteiger partial charge in [0.2, 0.25) is 0 Å². The summed E-state index contributed by atoms with van der Waals surface area (Å²) in [6.45, 7) is 86.8. The Bertz CT molecular complexity index is 1880. The molecule has 3 nitrogen and oxygen atoms in total. The molecule has 0 saturated heterocycles. The first kappa shape index (κ1) is 67.9. The Balaban J connectivity index is 3.00. The van der Waals surface area contributed by atoms with Crippen LogP contribution in [0.5, 0.6) is 17.2 Å². The van der Waals surface area contributed by atoms with Crippen LogP contribution in [0.3, 0.4) is 0 Å². The standard InChI is InChI=1S/3C24H42O.Al/c3*1-21(2,3)19(22(4,5)6)16-14-13-15-17(18(16)25)20(23(7,8)9)24(10,11)12;/h3*13-15,19-20,25H,1-12H3;/q;;;+3/p-3. The van der Waals surface area contributed by atoms with Crippen molar-refractivity contribution in [2.75, 3.05) is 0 Å². The first-order valence-corrected chi connectivity index (χ1v) is 31.2. The summed E-state index contributed by atoms with van der Waals surface area (Å²) in [6, 6.07) is 21.2. The summed E-state index contributed by atoms with van der Waals surface area (Å²) in [4.78, 5) is 0. The van der Waals surface area contributed by atoms with Crippen molar-refractivity contribution in [2.45, 2.75) is 285 Å². The van der Waals surface area contributed by atoms with Crippen LogP contribution in [0, 0.1) is 65.0 Å². The molecule has 0 bridgehead atoms. The van der Waals surface area contributed by atoms with Gasteiger partial charge in [0, 0.05) is 0 Å². The minimum atomic E-state index is -3.48. The molecule has 0 saturated carbocycles. The Kier molecular flexibility index (Phi) is 19.8. The third-order valence-corrected chi connectivity index (χ3v) is 17.4. The normalized spacial score (nSPS) is 14.8. The monoisotopic (exact) mass is 1060 g/mol. The summed E-state index contributed by atoms with van der Waals surface area (Å²) >= 11 is -3.48. The van der Waals surface area contributed by atoms with Crippen molar-refractivity contribution in [3.63, 3.8) is 0 Å². The molecule has 0 amide bonds. The summed E-state index contributed by atoms with van der Waals surface area (Å²) in [7, 11) is 0. The van der Waals surface area contributed by atoms with E-state index in [0.29, 0.717) is 0 Å². The molecule has 76 heavy (non-hydrogen) atoms. The molecule has 3 aromatic carbocycles. The average Bonchev–Trinajstić information content (AvgIpc) is 3.08. The van der Waals surface area contributed by atoms with Gasteiger partial charge in [-0.15, -0.1) is 0 Å². The highest BCUT2D eigenvalue weighted by Gasteiger charge is 2.54. The van der Waals surface area contributed by atoms with Crippen LogP contribution in [0.1, 0.15) is 318 Å². The van der Waals surface area contributed by atoms with Crippen LogP contribution in [-0.2, 0) is 0 Å². The summed E-state index contributed by atoms with van der Waals surface area (Å²) in [5, 5.41) is 0. The minimum absolute atomic E-state index is 0.106. The van der Waals surface area contributed by atoms with Gasteiger partial charge in [0.1, 0.15) is 0 Å². The van der Waals surface area contributed by atoms with Crippen LogP contribution in [0.25, 0.3) is 0 Å². The Morgan fingerprint density at radius 3 is 0.408 bits per heavy atom. The van der Waals surface area contributed by atoms with Gasteiger partial charge in [-0.1, -0.05) is 304 Å². The molecule has 0 unspecified atom stereocenters. The van der Waals surface area contributed by atoms with E-state index in [1.165, 1.54) is 33.4 Å². The molecule has 3 aromatic rings. The van der Waals surface area contributed by atoms with Crippen molar-refractivity contribution in [2.24, 2.45) is 65.0 Å². The van der Waals surface area contributed by atoms with E-state index in [1.54, 1.807) is 0 Å². The topological polar surface area (TPSA) is 27.7 Å². The highest BCUT2D eigenvalue weighted by molar-refractivity contribution is 6.40. The molecule has 0 atom stereocenters. The van der Waals surface area contributed by atoms with Crippen LogP contribution < -0.4 is 11.4 Å². The van der Waals surface area contributed by atoms with Crippen LogP contribution >= 0.6 is 0 Å². The molecule has 0 fully saturated rings. The van der Waals surface area contributed by atoms with E-state index in [4.69, 9.17) is 11.4 Å². The number of hydrogen-bond donors (Lipinski definition) is 0. The Hall–Kier alpha value is -2.41. The Labute approximate surface area is 478 Å². The Morgan fingerprint density at radius 1 is 0.211 bits per heavy atom. The number of rotatable bonds is 12. The smallest absolute Gasteiger partial charge is 0.577 e. The van der Waals surface area contributed by atoms with Gasteiger partial charge in [-0.3, -0.25) is 0 Å². The fourth-order valence-electron chi connectivity index (χ4n) is 17.2. The quantitative estimate of drug-likeness (QED) is 0.169. The van der Waals surface area contributed by atoms with Crippen molar-refractivity contribution in [3.05, 3.63) is 88.0 Å². The maximum absolute atomic E-state index is 8.35. The molecule has 0 aliphatic carbocycles. The molecule has 0 radical (unpaired) electrons. The van der Waals surface area contributed by atoms with Crippen molar-refractivity contribution in [1.82, 2.24) is 0 Å². The lowest BCUT2D eigenvalue weighted by Gasteiger charge is -2.46. The molecule has 0 aliphatic heterocycles. The third-order valence-electron chi connectivity index (χ3n) is 16.1. The molecule has 432 valence electrons. The van der Waals surface area contributed by atoms with Crippen LogP contribution in [0.15, 0.2) is 54.6 Å². The largest absolute Gasteiger partial charge is 1.20 e. The van der Waals surface area contributed by atoms with Crippen molar-refractivity contribution in [3.8, 4) is 17.2 Å². The fraction of sp³-hybridized carbons (Fsp3) is 0.750. The van der Waals surface area contributed by atoms with Gasteiger partial charge in [0.05, 0.1) is 17.2 Å². The highest BCUT2D eigenvalue weighted by Crippen LogP contribution is 2.60. The first-order chi connectivity index (χ1) is 33.4. The summed E-state index contributed by atoms with van der Waals surface area (Å²) in [5.41, 5.74) is 6.12. The Morgan fingerprint density at radius 2 is 0.316 bits per heavy atom. The van der Waals surface area contributed by atoms with Crippen molar-refractivity contribution in [1.29, 1.82) is 0 Å². The summed E-state index contributed by atoms with van der Waals surface area (Å²) < 4.78 is 25.0. The van der Waals surface area contributed by atoms with Gasteiger partial charge in [-0.25, -0.2) is 0 Å². The number of benzene rings is 3. The van der Waals surface area contributed by atoms with E-state index < -0.39 is 15.1 Å². The predicted octanol–water partition coefficient (Wildman–Crippen LogP) is 23.3. The second-order valence-corrected chi connectivity index (χ2v) is 38.2. The van der Waals surface area contributed by atoms with E-state index in [-0.39, 0.29) is 100 Å². The van der Waals surface area contributed by atoms with Gasteiger partial charge >= 0.3 is 15.1 Å². The lowest BCUT2D eigenvalue weighted by molar-refractivity contribution is 0.157. The van der Waals surface area contributed by atoms with Gasteiger partial charge in [-0.2, -0.15) is 0 Å². The molecule has 0 aliphatic rings. The van der Waals surface area contributed by atoms with Crippen LogP contribution in [0.2, 0.25) is 0 Å². The second kappa shape index (κ2) is 22.2.